The van der Waals surface area contributed by atoms with E-state index in [1.54, 1.807) is 24.3 Å². The van der Waals surface area contributed by atoms with Crippen LogP contribution in [0.3, 0.4) is 0 Å². The Hall–Kier alpha value is -2.19. The lowest BCUT2D eigenvalue weighted by atomic mass is 9.75. The number of benzene rings is 2. The predicted octanol–water partition coefficient (Wildman–Crippen LogP) is 4.15. The van der Waals surface area contributed by atoms with E-state index in [-0.39, 0.29) is 36.5 Å². The van der Waals surface area contributed by atoms with Crippen molar-refractivity contribution in [2.75, 3.05) is 0 Å². The van der Waals surface area contributed by atoms with Crippen LogP contribution in [0, 0.1) is 0 Å². The second-order valence-corrected chi connectivity index (χ2v) is 9.72. The summed E-state index contributed by atoms with van der Waals surface area (Å²) in [6.07, 6.45) is 2.33. The van der Waals surface area contributed by atoms with Crippen molar-refractivity contribution in [2.24, 2.45) is 5.73 Å². The van der Waals surface area contributed by atoms with Crippen molar-refractivity contribution >= 4 is 31.2 Å². The van der Waals surface area contributed by atoms with E-state index in [0.29, 0.717) is 12.0 Å². The van der Waals surface area contributed by atoms with Gasteiger partial charge in [-0.3, -0.25) is 9.59 Å². The Morgan fingerprint density at radius 1 is 0.941 bits per heavy atom. The first kappa shape index (κ1) is 28.1. The van der Waals surface area contributed by atoms with E-state index in [9.17, 15) is 9.59 Å². The monoisotopic (exact) mass is 486 g/mol. The number of nitrogens with two attached hydrogens (primary N) is 1. The largest absolute Gasteiger partial charge is 0.481 e. The molecule has 1 unspecified atom stereocenters. The fourth-order valence-electron chi connectivity index (χ4n) is 3.82. The van der Waals surface area contributed by atoms with Crippen molar-refractivity contribution in [3.63, 3.8) is 0 Å². The Kier molecular flexibility index (Phi) is 9.89. The Bertz CT molecular complexity index is 924. The summed E-state index contributed by atoms with van der Waals surface area (Å²) in [7, 11) is -0.591. The molecule has 0 aliphatic carbocycles. The quantitative estimate of drug-likeness (QED) is 0.389. The zero-order valence-corrected chi connectivity index (χ0v) is 21.3. The van der Waals surface area contributed by atoms with Crippen LogP contribution in [-0.4, -0.2) is 42.0 Å². The molecule has 6 nitrogen and oxygen atoms in total. The molecule has 0 spiro atoms. The average Bonchev–Trinajstić information content (AvgIpc) is 3.01. The van der Waals surface area contributed by atoms with Crippen LogP contribution in [0.15, 0.2) is 60.7 Å². The zero-order valence-electron chi connectivity index (χ0n) is 20.5. The number of hydrogen-bond acceptors (Lipinski definition) is 5. The van der Waals surface area contributed by atoms with Crippen LogP contribution in [0.25, 0.3) is 0 Å². The number of nitrogens with one attached hydrogen (secondary N) is 1. The first-order valence-electron chi connectivity index (χ1n) is 11.6. The number of ketones is 1. The molecular weight excluding hydrogens is 451 g/mol. The van der Waals surface area contributed by atoms with Gasteiger partial charge < -0.3 is 20.4 Å². The molecule has 1 aliphatic heterocycles. The fraction of sp³-hybridized carbons (Fsp3) is 0.462. The van der Waals surface area contributed by atoms with Crippen LogP contribution in [0.4, 0.5) is 0 Å². The SMILES string of the molecule is CC1(C)OB([C@H](CCCc2ccccc2)NC(=O)C(N)CC(=O)c2ccccc2)OC1(C)C.Cl. The zero-order chi connectivity index (χ0) is 24.1. The van der Waals surface area contributed by atoms with Crippen LogP contribution >= 0.6 is 12.4 Å². The van der Waals surface area contributed by atoms with Crippen molar-refractivity contribution in [3.8, 4) is 0 Å². The normalized spacial score (nSPS) is 18.0. The summed E-state index contributed by atoms with van der Waals surface area (Å²) < 4.78 is 12.4. The minimum Gasteiger partial charge on any atom is -0.402 e. The lowest BCUT2D eigenvalue weighted by molar-refractivity contribution is -0.122. The predicted molar refractivity (Wildman–Crippen MR) is 138 cm³/mol. The maximum atomic E-state index is 12.9. The van der Waals surface area contributed by atoms with Gasteiger partial charge in [0.25, 0.3) is 0 Å². The standard InChI is InChI=1S/C26H35BN2O4.ClH/c1-25(2)26(3,4)33-27(32-25)23(17-11-14-19-12-7-5-8-13-19)29-24(31)21(28)18-22(30)20-15-9-6-10-16-20;/h5-10,12-13,15-16,21,23H,11,14,17-18,28H2,1-4H3,(H,29,31);1H/t21?,23-;/m0./s1. The summed E-state index contributed by atoms with van der Waals surface area (Å²) in [6.45, 7) is 7.94. The van der Waals surface area contributed by atoms with Gasteiger partial charge in [-0.05, 0) is 52.5 Å². The fourth-order valence-corrected chi connectivity index (χ4v) is 3.82. The van der Waals surface area contributed by atoms with Gasteiger partial charge in [0.2, 0.25) is 5.91 Å². The van der Waals surface area contributed by atoms with Crippen molar-refractivity contribution in [1.82, 2.24) is 5.32 Å². The smallest absolute Gasteiger partial charge is 0.402 e. The van der Waals surface area contributed by atoms with Crippen molar-refractivity contribution in [2.45, 2.75) is 76.6 Å². The molecule has 1 saturated heterocycles. The molecule has 1 aliphatic rings. The number of rotatable bonds is 10. The number of hydrogen-bond donors (Lipinski definition) is 2. The summed E-state index contributed by atoms with van der Waals surface area (Å²) in [6, 6.07) is 18.1. The molecule has 1 fully saturated rings. The topological polar surface area (TPSA) is 90.6 Å². The first-order valence-corrected chi connectivity index (χ1v) is 11.6. The third-order valence-electron chi connectivity index (χ3n) is 6.59. The Labute approximate surface area is 209 Å². The summed E-state index contributed by atoms with van der Waals surface area (Å²) in [5.41, 5.74) is 6.88. The maximum Gasteiger partial charge on any atom is 0.481 e. The second-order valence-electron chi connectivity index (χ2n) is 9.72. The minimum absolute atomic E-state index is 0. The van der Waals surface area contributed by atoms with Crippen LogP contribution < -0.4 is 11.1 Å². The summed E-state index contributed by atoms with van der Waals surface area (Å²) in [4.78, 5) is 25.4. The molecule has 2 aromatic carbocycles. The van der Waals surface area contributed by atoms with E-state index in [4.69, 9.17) is 15.0 Å². The number of carbonyl (C=O) groups excluding carboxylic acids is 2. The molecule has 8 heteroatoms. The highest BCUT2D eigenvalue weighted by atomic mass is 35.5. The molecule has 34 heavy (non-hydrogen) atoms. The molecule has 184 valence electrons. The van der Waals surface area contributed by atoms with E-state index >= 15 is 0 Å². The van der Waals surface area contributed by atoms with Gasteiger partial charge in [0.1, 0.15) is 0 Å². The molecule has 2 aromatic rings. The average molecular weight is 487 g/mol. The van der Waals surface area contributed by atoms with E-state index in [0.717, 1.165) is 12.8 Å². The van der Waals surface area contributed by atoms with Crippen molar-refractivity contribution in [1.29, 1.82) is 0 Å². The number of aryl methyl sites for hydroxylation is 1. The Morgan fingerprint density at radius 2 is 1.47 bits per heavy atom. The van der Waals surface area contributed by atoms with Gasteiger partial charge in [0.15, 0.2) is 5.78 Å². The molecule has 1 amide bonds. The van der Waals surface area contributed by atoms with E-state index < -0.39 is 24.4 Å². The van der Waals surface area contributed by atoms with Gasteiger partial charge in [-0.2, -0.15) is 0 Å². The number of carbonyl (C=O) groups is 2. The van der Waals surface area contributed by atoms with E-state index in [1.807, 2.05) is 52.0 Å². The molecule has 0 radical (unpaired) electrons. The molecule has 0 bridgehead atoms. The lowest BCUT2D eigenvalue weighted by Crippen LogP contribution is -2.53. The highest BCUT2D eigenvalue weighted by Crippen LogP contribution is 2.38. The minimum atomic E-state index is -0.947. The summed E-state index contributed by atoms with van der Waals surface area (Å²) >= 11 is 0. The summed E-state index contributed by atoms with van der Waals surface area (Å²) in [5.74, 6) is -0.909. The number of amides is 1. The molecule has 2 atom stereocenters. The Balaban J connectivity index is 0.00000408. The van der Waals surface area contributed by atoms with Crippen LogP contribution in [0.2, 0.25) is 0 Å². The highest BCUT2D eigenvalue weighted by molar-refractivity contribution is 6.48. The van der Waals surface area contributed by atoms with Gasteiger partial charge in [0.05, 0.1) is 23.2 Å². The van der Waals surface area contributed by atoms with E-state index in [1.165, 1.54) is 5.56 Å². The van der Waals surface area contributed by atoms with Gasteiger partial charge >= 0.3 is 7.12 Å². The third kappa shape index (κ3) is 7.16. The van der Waals surface area contributed by atoms with Gasteiger partial charge in [0, 0.05) is 12.0 Å². The van der Waals surface area contributed by atoms with Gasteiger partial charge in [-0.1, -0.05) is 60.7 Å². The molecular formula is C26H36BClN2O4. The molecule has 1 heterocycles. The number of Topliss-reactive ketones (excluding diaryl/α,β-unsaturated/α-hetero) is 1. The highest BCUT2D eigenvalue weighted by Gasteiger charge is 2.54. The van der Waals surface area contributed by atoms with Crippen LogP contribution in [0.5, 0.6) is 0 Å². The van der Waals surface area contributed by atoms with Gasteiger partial charge in [-0.25, -0.2) is 0 Å². The lowest BCUT2D eigenvalue weighted by Gasteiger charge is -2.32. The maximum absolute atomic E-state index is 12.9. The first-order chi connectivity index (χ1) is 15.6. The third-order valence-corrected chi connectivity index (χ3v) is 6.59. The molecule has 0 saturated carbocycles. The second kappa shape index (κ2) is 12.0. The molecule has 3 N–H and O–H groups in total. The van der Waals surface area contributed by atoms with Crippen LogP contribution in [0.1, 0.15) is 62.9 Å². The van der Waals surface area contributed by atoms with Gasteiger partial charge in [-0.15, -0.1) is 12.4 Å². The van der Waals surface area contributed by atoms with Crippen molar-refractivity contribution < 1.29 is 18.9 Å². The van der Waals surface area contributed by atoms with Crippen LogP contribution in [-0.2, 0) is 20.5 Å². The number of halogens is 1. The summed E-state index contributed by atoms with van der Waals surface area (Å²) in [5, 5.41) is 3.01. The van der Waals surface area contributed by atoms with E-state index in [2.05, 4.69) is 17.4 Å². The van der Waals surface area contributed by atoms with Crippen molar-refractivity contribution in [3.05, 3.63) is 71.8 Å². The molecule has 0 aromatic heterocycles. The Morgan fingerprint density at radius 3 is 2.03 bits per heavy atom. The molecule has 3 rings (SSSR count).